The van der Waals surface area contributed by atoms with E-state index in [1.165, 1.54) is 6.07 Å². The minimum Gasteiger partial charge on any atom is -0.309 e. The topological polar surface area (TPSA) is 43.6 Å². The Hall–Kier alpha value is -6.29. The third-order valence-corrected chi connectivity index (χ3v) is 9.22. The van der Waals surface area contributed by atoms with E-state index < -0.39 is 29.0 Å². The monoisotopic (exact) mass is 714 g/mol. The molecule has 0 N–H and O–H groups in total. The van der Waals surface area contributed by atoms with Crippen molar-refractivity contribution in [2.45, 2.75) is 26.2 Å². The van der Waals surface area contributed by atoms with Crippen LogP contribution in [0.2, 0.25) is 0 Å². The molecular weight excluding hydrogens is 686 g/mol. The SMILES string of the molecule is Cc1ccc2c(c1)c1cc(C)ccc1n2-c1ccc(-c2ccc(C(F)(F)F)cc2C(F)(F)F)c(-c2nc(-c3ccccc3)nc(-c3ccccc3)n2)c1. The van der Waals surface area contributed by atoms with Crippen molar-refractivity contribution in [1.82, 2.24) is 19.5 Å². The van der Waals surface area contributed by atoms with Crippen LogP contribution in [0.3, 0.4) is 0 Å². The van der Waals surface area contributed by atoms with Crippen LogP contribution in [0.1, 0.15) is 22.3 Å². The molecule has 0 radical (unpaired) electrons. The van der Waals surface area contributed by atoms with Gasteiger partial charge in [-0.3, -0.25) is 0 Å². The summed E-state index contributed by atoms with van der Waals surface area (Å²) in [6.45, 7) is 4.01. The van der Waals surface area contributed by atoms with E-state index >= 15 is 0 Å². The lowest BCUT2D eigenvalue weighted by Gasteiger charge is -2.19. The molecule has 0 aliphatic carbocycles. The van der Waals surface area contributed by atoms with Crippen LogP contribution < -0.4 is 0 Å². The Kier molecular flexibility index (Phi) is 8.13. The number of aromatic nitrogens is 4. The van der Waals surface area contributed by atoms with Crippen molar-refractivity contribution in [1.29, 1.82) is 0 Å². The van der Waals surface area contributed by atoms with Gasteiger partial charge in [-0.1, -0.05) is 96.1 Å². The summed E-state index contributed by atoms with van der Waals surface area (Å²) in [5.41, 5.74) is 2.65. The number of rotatable bonds is 5. The molecule has 0 atom stereocenters. The molecule has 8 aromatic rings. The lowest BCUT2D eigenvalue weighted by atomic mass is 9.92. The van der Waals surface area contributed by atoms with E-state index in [1.54, 1.807) is 12.1 Å². The molecule has 10 heteroatoms. The molecule has 0 amide bonds. The summed E-state index contributed by atoms with van der Waals surface area (Å²) >= 11 is 0. The highest BCUT2D eigenvalue weighted by Gasteiger charge is 2.39. The van der Waals surface area contributed by atoms with Gasteiger partial charge in [0.25, 0.3) is 0 Å². The Balaban J connectivity index is 1.47. The third-order valence-electron chi connectivity index (χ3n) is 9.22. The molecule has 0 fully saturated rings. The lowest BCUT2D eigenvalue weighted by Crippen LogP contribution is -2.12. The van der Waals surface area contributed by atoms with Gasteiger partial charge in [-0.2, -0.15) is 26.3 Å². The lowest BCUT2D eigenvalue weighted by molar-refractivity contribution is -0.142. The van der Waals surface area contributed by atoms with E-state index in [0.717, 1.165) is 39.0 Å². The largest absolute Gasteiger partial charge is 0.417 e. The van der Waals surface area contributed by atoms with Crippen molar-refractivity contribution in [3.63, 3.8) is 0 Å². The standard InChI is InChI=1S/C43H28F6N4/c1-25-13-19-37-33(21-25)34-22-26(2)14-20-38(34)53(37)30-16-18-31(32-17-15-29(42(44,45)46)23-36(32)43(47,48)49)35(24-30)41-51-39(27-9-5-3-6-10-27)50-40(52-41)28-11-7-4-8-12-28/h3-24H,1-2H3. The van der Waals surface area contributed by atoms with Crippen LogP contribution in [0.5, 0.6) is 0 Å². The molecule has 2 aromatic heterocycles. The molecule has 8 rings (SSSR count). The fourth-order valence-corrected chi connectivity index (χ4v) is 6.74. The molecule has 0 spiro atoms. The second-order valence-corrected chi connectivity index (χ2v) is 12.9. The van der Waals surface area contributed by atoms with Crippen molar-refractivity contribution < 1.29 is 26.3 Å². The zero-order valence-electron chi connectivity index (χ0n) is 28.3. The summed E-state index contributed by atoms with van der Waals surface area (Å²) in [6, 6.07) is 36.9. The Labute approximate surface area is 300 Å². The summed E-state index contributed by atoms with van der Waals surface area (Å²) in [4.78, 5) is 14.4. The summed E-state index contributed by atoms with van der Waals surface area (Å²) in [7, 11) is 0. The second kappa shape index (κ2) is 12.7. The van der Waals surface area contributed by atoms with Crippen LogP contribution in [0.15, 0.2) is 133 Å². The Morgan fingerprint density at radius 2 is 0.962 bits per heavy atom. The highest BCUT2D eigenvalue weighted by molar-refractivity contribution is 6.10. The van der Waals surface area contributed by atoms with Gasteiger partial charge in [-0.05, 0) is 73.5 Å². The van der Waals surface area contributed by atoms with Gasteiger partial charge < -0.3 is 4.57 Å². The van der Waals surface area contributed by atoms with Gasteiger partial charge in [-0.25, -0.2) is 15.0 Å². The summed E-state index contributed by atoms with van der Waals surface area (Å²) in [5, 5.41) is 1.99. The maximum Gasteiger partial charge on any atom is 0.417 e. The normalized spacial score (nSPS) is 12.2. The van der Waals surface area contributed by atoms with Crippen molar-refractivity contribution in [2.24, 2.45) is 0 Å². The number of aryl methyl sites for hydroxylation is 2. The first-order valence-electron chi connectivity index (χ1n) is 16.7. The fraction of sp³-hybridized carbons (Fsp3) is 0.0930. The summed E-state index contributed by atoms with van der Waals surface area (Å²) in [6.07, 6.45) is -10.1. The molecule has 0 aliphatic heterocycles. The van der Waals surface area contributed by atoms with Crippen LogP contribution in [0.4, 0.5) is 26.3 Å². The zero-order valence-corrected chi connectivity index (χ0v) is 28.3. The highest BCUT2D eigenvalue weighted by Crippen LogP contribution is 2.44. The van der Waals surface area contributed by atoms with Crippen LogP contribution in [-0.4, -0.2) is 19.5 Å². The van der Waals surface area contributed by atoms with E-state index in [0.29, 0.717) is 22.9 Å². The molecule has 0 bridgehead atoms. The molecule has 4 nitrogen and oxygen atoms in total. The van der Waals surface area contributed by atoms with Crippen molar-refractivity contribution in [3.05, 3.63) is 156 Å². The number of fused-ring (bicyclic) bond motifs is 3. The first-order valence-corrected chi connectivity index (χ1v) is 16.7. The first kappa shape index (κ1) is 33.8. The van der Waals surface area contributed by atoms with Crippen LogP contribution in [0.25, 0.3) is 72.8 Å². The highest BCUT2D eigenvalue weighted by atomic mass is 19.4. The van der Waals surface area contributed by atoms with E-state index in [9.17, 15) is 26.3 Å². The predicted octanol–water partition coefficient (Wildman–Crippen LogP) is 12.3. The van der Waals surface area contributed by atoms with Gasteiger partial charge >= 0.3 is 12.4 Å². The van der Waals surface area contributed by atoms with E-state index in [-0.39, 0.29) is 34.7 Å². The van der Waals surface area contributed by atoms with Gasteiger partial charge in [0.2, 0.25) is 0 Å². The number of hydrogen-bond acceptors (Lipinski definition) is 3. The number of benzene rings is 6. The maximum absolute atomic E-state index is 14.7. The summed E-state index contributed by atoms with van der Waals surface area (Å²) < 4.78 is 87.4. The minimum absolute atomic E-state index is 0.00600. The zero-order chi connectivity index (χ0) is 37.1. The van der Waals surface area contributed by atoms with Gasteiger partial charge in [0, 0.05) is 33.2 Å². The van der Waals surface area contributed by atoms with E-state index in [2.05, 4.69) is 12.1 Å². The quantitative estimate of drug-likeness (QED) is 0.167. The van der Waals surface area contributed by atoms with Crippen molar-refractivity contribution in [3.8, 4) is 51.0 Å². The second-order valence-electron chi connectivity index (χ2n) is 12.9. The van der Waals surface area contributed by atoms with E-state index in [1.807, 2.05) is 103 Å². The molecular formula is C43H28F6N4. The number of alkyl halides is 6. The molecule has 262 valence electrons. The number of hydrogen-bond donors (Lipinski definition) is 0. The molecule has 0 saturated heterocycles. The van der Waals surface area contributed by atoms with Gasteiger partial charge in [-0.15, -0.1) is 0 Å². The van der Waals surface area contributed by atoms with Crippen LogP contribution in [0, 0.1) is 13.8 Å². The fourth-order valence-electron chi connectivity index (χ4n) is 6.74. The van der Waals surface area contributed by atoms with Gasteiger partial charge in [0.1, 0.15) is 0 Å². The van der Waals surface area contributed by atoms with Crippen molar-refractivity contribution in [2.75, 3.05) is 0 Å². The summed E-state index contributed by atoms with van der Waals surface area (Å²) in [5.74, 6) is 0.601. The molecule has 0 aliphatic rings. The Bertz CT molecular complexity index is 2550. The van der Waals surface area contributed by atoms with Crippen molar-refractivity contribution >= 4 is 21.8 Å². The average Bonchev–Trinajstić information content (AvgIpc) is 3.46. The minimum atomic E-state index is -5.11. The van der Waals surface area contributed by atoms with E-state index in [4.69, 9.17) is 15.0 Å². The molecule has 6 aromatic carbocycles. The maximum atomic E-state index is 14.7. The number of nitrogens with zero attached hydrogens (tertiary/aromatic N) is 4. The predicted molar refractivity (Wildman–Crippen MR) is 195 cm³/mol. The van der Waals surface area contributed by atoms with Gasteiger partial charge in [0.15, 0.2) is 17.5 Å². The van der Waals surface area contributed by atoms with Crippen LogP contribution >= 0.6 is 0 Å². The first-order chi connectivity index (χ1) is 25.3. The van der Waals surface area contributed by atoms with Gasteiger partial charge in [0.05, 0.1) is 22.2 Å². The Morgan fingerprint density at radius 3 is 1.47 bits per heavy atom. The van der Waals surface area contributed by atoms with Crippen LogP contribution in [-0.2, 0) is 12.4 Å². The molecule has 2 heterocycles. The molecule has 53 heavy (non-hydrogen) atoms. The molecule has 0 saturated carbocycles. The smallest absolute Gasteiger partial charge is 0.309 e. The third kappa shape index (κ3) is 6.30. The Morgan fingerprint density at radius 1 is 0.453 bits per heavy atom. The number of halogens is 6. The average molecular weight is 715 g/mol. The molecule has 0 unspecified atom stereocenters.